The Bertz CT molecular complexity index is 1360. The number of hydrogen-bond acceptors (Lipinski definition) is 8. The number of carbonyl (C=O) groups is 1. The highest BCUT2D eigenvalue weighted by Gasteiger charge is 2.35. The zero-order valence-corrected chi connectivity index (χ0v) is 20.7. The molecular weight excluding hydrogens is 484 g/mol. The molecule has 1 amide bonds. The fourth-order valence-corrected chi connectivity index (χ4v) is 5.33. The number of amides is 1. The van der Waals surface area contributed by atoms with Crippen LogP contribution in [0, 0.1) is 0 Å². The molecule has 8 nitrogen and oxygen atoms in total. The van der Waals surface area contributed by atoms with Gasteiger partial charge in [0.1, 0.15) is 21.5 Å². The molecule has 2 saturated heterocycles. The molecule has 0 aliphatic carbocycles. The Kier molecular flexibility index (Phi) is 6.85. The average Bonchev–Trinajstić information content (AvgIpc) is 3.49. The van der Waals surface area contributed by atoms with Crippen molar-refractivity contribution in [2.75, 3.05) is 25.6 Å². The van der Waals surface area contributed by atoms with Crippen LogP contribution in [0.4, 0.5) is 5.82 Å². The van der Waals surface area contributed by atoms with Gasteiger partial charge in [0.05, 0.1) is 30.2 Å². The second kappa shape index (κ2) is 10.2. The Labute approximate surface area is 211 Å². The van der Waals surface area contributed by atoms with Crippen LogP contribution in [-0.4, -0.2) is 50.9 Å². The number of ether oxygens (including phenoxy) is 2. The number of aromatic nitrogens is 2. The molecule has 2 aliphatic heterocycles. The third-order valence-electron chi connectivity index (χ3n) is 5.95. The number of carbonyl (C=O) groups excluding carboxylic acids is 1. The van der Waals surface area contributed by atoms with Gasteiger partial charge in [0, 0.05) is 19.3 Å². The molecule has 0 saturated carbocycles. The number of thiocarbonyl (C=S) groups is 1. The van der Waals surface area contributed by atoms with E-state index in [4.69, 9.17) is 21.7 Å². The lowest BCUT2D eigenvalue weighted by molar-refractivity contribution is -0.123. The number of methoxy groups -OCH3 is 1. The van der Waals surface area contributed by atoms with Crippen LogP contribution in [0.5, 0.6) is 5.75 Å². The van der Waals surface area contributed by atoms with Crippen molar-refractivity contribution in [2.45, 2.75) is 25.5 Å². The maximum absolute atomic E-state index is 13.4. The van der Waals surface area contributed by atoms with Gasteiger partial charge in [-0.15, -0.1) is 0 Å². The van der Waals surface area contributed by atoms with Crippen molar-refractivity contribution in [3.63, 3.8) is 0 Å². The van der Waals surface area contributed by atoms with Gasteiger partial charge in [0.2, 0.25) is 0 Å². The second-order valence-corrected chi connectivity index (χ2v) is 9.91. The summed E-state index contributed by atoms with van der Waals surface area (Å²) in [7, 11) is 1.62. The maximum atomic E-state index is 13.4. The molecule has 10 heteroatoms. The lowest BCUT2D eigenvalue weighted by Gasteiger charge is -2.18. The number of nitrogens with one attached hydrogen (secondary N) is 1. The Hall–Kier alpha value is -3.21. The quantitative estimate of drug-likeness (QED) is 0.382. The molecule has 2 fully saturated rings. The van der Waals surface area contributed by atoms with Crippen molar-refractivity contribution in [3.05, 3.63) is 75.0 Å². The highest BCUT2D eigenvalue weighted by atomic mass is 32.2. The smallest absolute Gasteiger partial charge is 0.267 e. The summed E-state index contributed by atoms with van der Waals surface area (Å²) >= 11 is 6.67. The zero-order chi connectivity index (χ0) is 24.4. The molecule has 4 heterocycles. The van der Waals surface area contributed by atoms with Crippen LogP contribution in [0.15, 0.2) is 58.4 Å². The molecule has 3 aromatic rings. The monoisotopic (exact) mass is 508 g/mol. The Morgan fingerprint density at radius 1 is 1.26 bits per heavy atom. The summed E-state index contributed by atoms with van der Waals surface area (Å²) < 4.78 is 12.8. The fraction of sp³-hybridized carbons (Fsp3) is 0.280. The van der Waals surface area contributed by atoms with E-state index in [1.54, 1.807) is 36.4 Å². The minimum atomic E-state index is -0.266. The summed E-state index contributed by atoms with van der Waals surface area (Å²) in [4.78, 5) is 33.2. The van der Waals surface area contributed by atoms with Crippen LogP contribution in [0.3, 0.4) is 0 Å². The molecule has 2 aliphatic rings. The third kappa shape index (κ3) is 4.95. The molecule has 2 aromatic heterocycles. The van der Waals surface area contributed by atoms with E-state index in [0.29, 0.717) is 46.0 Å². The number of pyridine rings is 1. The first kappa shape index (κ1) is 23.5. The average molecular weight is 509 g/mol. The van der Waals surface area contributed by atoms with E-state index in [-0.39, 0.29) is 17.6 Å². The Morgan fingerprint density at radius 3 is 2.83 bits per heavy atom. The molecule has 0 spiro atoms. The molecule has 35 heavy (non-hydrogen) atoms. The van der Waals surface area contributed by atoms with Crippen molar-refractivity contribution >= 4 is 51.7 Å². The molecule has 0 radical (unpaired) electrons. The van der Waals surface area contributed by atoms with Gasteiger partial charge in [-0.1, -0.05) is 42.2 Å². The summed E-state index contributed by atoms with van der Waals surface area (Å²) in [6, 6.07) is 13.0. The molecule has 5 rings (SSSR count). The minimum absolute atomic E-state index is 0.00784. The minimum Gasteiger partial charge on any atom is -0.497 e. The number of nitrogens with zero attached hydrogens (tertiary/aromatic N) is 3. The van der Waals surface area contributed by atoms with Crippen molar-refractivity contribution in [2.24, 2.45) is 0 Å². The summed E-state index contributed by atoms with van der Waals surface area (Å²) in [5.74, 6) is 0.956. The molecule has 180 valence electrons. The molecular formula is C25H24N4O4S2. The second-order valence-electron chi connectivity index (χ2n) is 8.24. The standard InChI is InChI=1S/C25H24N4O4S2/c1-32-17-9-7-16(8-10-17)14-26-22-19(23(30)28-11-3-2-6-21(28)27-22)13-20-24(31)29(25(34)35-20)15-18-5-4-12-33-18/h2-3,6-11,13,18,26H,4-5,12,14-15H2,1H3/b20-13-/t18-/m0/s1. The van der Waals surface area contributed by atoms with Crippen LogP contribution in [-0.2, 0) is 16.1 Å². The van der Waals surface area contributed by atoms with E-state index in [1.165, 1.54) is 16.2 Å². The fourth-order valence-electron chi connectivity index (χ4n) is 4.08. The van der Waals surface area contributed by atoms with E-state index in [1.807, 2.05) is 30.3 Å². The number of anilines is 1. The number of hydrogen-bond donors (Lipinski definition) is 1. The highest BCUT2D eigenvalue weighted by Crippen LogP contribution is 2.34. The van der Waals surface area contributed by atoms with E-state index in [0.717, 1.165) is 24.2 Å². The zero-order valence-electron chi connectivity index (χ0n) is 19.1. The maximum Gasteiger partial charge on any atom is 0.267 e. The van der Waals surface area contributed by atoms with E-state index >= 15 is 0 Å². The van der Waals surface area contributed by atoms with E-state index in [2.05, 4.69) is 10.3 Å². The van der Waals surface area contributed by atoms with Gasteiger partial charge in [-0.3, -0.25) is 18.9 Å². The third-order valence-corrected chi connectivity index (χ3v) is 7.33. The number of thioether (sulfide) groups is 1. The number of benzene rings is 1. The molecule has 1 aromatic carbocycles. The van der Waals surface area contributed by atoms with Crippen LogP contribution in [0.25, 0.3) is 11.7 Å². The number of rotatable bonds is 7. The largest absolute Gasteiger partial charge is 0.497 e. The lowest BCUT2D eigenvalue weighted by Crippen LogP contribution is -2.35. The van der Waals surface area contributed by atoms with Gasteiger partial charge in [-0.05, 0) is 48.7 Å². The Morgan fingerprint density at radius 2 is 2.09 bits per heavy atom. The first-order chi connectivity index (χ1) is 17.0. The molecule has 1 N–H and O–H groups in total. The van der Waals surface area contributed by atoms with Crippen LogP contribution in [0.1, 0.15) is 24.0 Å². The van der Waals surface area contributed by atoms with Crippen molar-refractivity contribution < 1.29 is 14.3 Å². The predicted molar refractivity (Wildman–Crippen MR) is 141 cm³/mol. The first-order valence-electron chi connectivity index (χ1n) is 11.3. The predicted octanol–water partition coefficient (Wildman–Crippen LogP) is 3.70. The Balaban J connectivity index is 1.47. The summed E-state index contributed by atoms with van der Waals surface area (Å²) in [5, 5.41) is 3.27. The topological polar surface area (TPSA) is 85.2 Å². The molecule has 1 atom stereocenters. The normalized spacial score (nSPS) is 19.2. The first-order valence-corrected chi connectivity index (χ1v) is 12.5. The van der Waals surface area contributed by atoms with Gasteiger partial charge in [-0.2, -0.15) is 0 Å². The molecule has 0 bridgehead atoms. The van der Waals surface area contributed by atoms with Crippen LogP contribution < -0.4 is 15.6 Å². The van der Waals surface area contributed by atoms with Gasteiger partial charge in [-0.25, -0.2) is 4.98 Å². The van der Waals surface area contributed by atoms with Gasteiger partial charge in [0.15, 0.2) is 0 Å². The van der Waals surface area contributed by atoms with Crippen molar-refractivity contribution in [3.8, 4) is 5.75 Å². The van der Waals surface area contributed by atoms with E-state index < -0.39 is 0 Å². The number of fused-ring (bicyclic) bond motifs is 1. The molecule has 0 unspecified atom stereocenters. The van der Waals surface area contributed by atoms with Gasteiger partial charge < -0.3 is 14.8 Å². The van der Waals surface area contributed by atoms with Crippen LogP contribution >= 0.6 is 24.0 Å². The van der Waals surface area contributed by atoms with Crippen molar-refractivity contribution in [1.82, 2.24) is 14.3 Å². The SMILES string of the molecule is COc1ccc(CNc2nc3ccccn3c(=O)c2/C=C2\SC(=S)N(C[C@@H]3CCCO3)C2=O)cc1. The van der Waals surface area contributed by atoms with Gasteiger partial charge >= 0.3 is 0 Å². The van der Waals surface area contributed by atoms with Crippen LogP contribution in [0.2, 0.25) is 0 Å². The summed E-state index contributed by atoms with van der Waals surface area (Å²) in [6.07, 6.45) is 5.15. The lowest BCUT2D eigenvalue weighted by atomic mass is 10.2. The van der Waals surface area contributed by atoms with Gasteiger partial charge in [0.25, 0.3) is 11.5 Å². The van der Waals surface area contributed by atoms with E-state index in [9.17, 15) is 9.59 Å². The summed E-state index contributed by atoms with van der Waals surface area (Å²) in [5.41, 5.74) is 1.55. The van der Waals surface area contributed by atoms with Crippen molar-refractivity contribution in [1.29, 1.82) is 0 Å². The highest BCUT2D eigenvalue weighted by molar-refractivity contribution is 8.26. The summed E-state index contributed by atoms with van der Waals surface area (Å²) in [6.45, 7) is 1.58.